The molecule has 0 saturated carbocycles. The van der Waals surface area contributed by atoms with E-state index >= 15 is 0 Å². The number of aromatic nitrogens is 1. The largest absolute Gasteiger partial charge is 0.497 e. The van der Waals surface area contributed by atoms with Gasteiger partial charge in [0.15, 0.2) is 0 Å². The third-order valence-electron chi connectivity index (χ3n) is 6.26. The minimum Gasteiger partial charge on any atom is -0.497 e. The van der Waals surface area contributed by atoms with Crippen LogP contribution in [-0.2, 0) is 4.79 Å². The van der Waals surface area contributed by atoms with E-state index in [0.29, 0.717) is 41.6 Å². The molecule has 1 aliphatic rings. The van der Waals surface area contributed by atoms with Gasteiger partial charge in [-0.05, 0) is 52.1 Å². The van der Waals surface area contributed by atoms with Crippen LogP contribution in [0.15, 0.2) is 91.1 Å². The summed E-state index contributed by atoms with van der Waals surface area (Å²) >= 11 is 0. The van der Waals surface area contributed by atoms with Crippen molar-refractivity contribution in [1.82, 2.24) is 10.3 Å². The maximum Gasteiger partial charge on any atom is 0.257 e. The van der Waals surface area contributed by atoms with Crippen LogP contribution in [0.1, 0.15) is 21.5 Å². The first-order valence-electron chi connectivity index (χ1n) is 12.2. The van der Waals surface area contributed by atoms with Crippen molar-refractivity contribution in [1.29, 1.82) is 0 Å². The van der Waals surface area contributed by atoms with Gasteiger partial charge in [-0.1, -0.05) is 48.5 Å². The molecular formula is C30H27N5O3. The first kappa shape index (κ1) is 24.6. The fourth-order valence-electron chi connectivity index (χ4n) is 4.37. The summed E-state index contributed by atoms with van der Waals surface area (Å²) in [7, 11) is 1.55. The van der Waals surface area contributed by atoms with Crippen LogP contribution in [-0.4, -0.2) is 37.0 Å². The highest BCUT2D eigenvalue weighted by molar-refractivity contribution is 6.08. The van der Waals surface area contributed by atoms with Gasteiger partial charge in [0.05, 0.1) is 24.0 Å². The predicted octanol–water partition coefficient (Wildman–Crippen LogP) is 4.57. The molecular weight excluding hydrogens is 478 g/mol. The highest BCUT2D eigenvalue weighted by atomic mass is 16.5. The molecule has 0 unspecified atom stereocenters. The van der Waals surface area contributed by atoms with E-state index < -0.39 is 0 Å². The number of nitrogens with one attached hydrogen (secondary N) is 3. The van der Waals surface area contributed by atoms with Crippen molar-refractivity contribution in [3.05, 3.63) is 108 Å². The number of nitrogens with two attached hydrogens (primary N) is 1. The minimum atomic E-state index is -0.323. The Morgan fingerprint density at radius 2 is 1.58 bits per heavy atom. The Kier molecular flexibility index (Phi) is 7.04. The number of nitrogen functional groups attached to an aromatic ring is 1. The third kappa shape index (κ3) is 5.19. The number of fused-ring (bicyclic) bond motifs is 3. The molecule has 0 atom stereocenters. The molecule has 5 N–H and O–H groups in total. The Morgan fingerprint density at radius 3 is 2.18 bits per heavy atom. The van der Waals surface area contributed by atoms with E-state index in [0.717, 1.165) is 27.8 Å². The van der Waals surface area contributed by atoms with Crippen LogP contribution in [0, 0.1) is 0 Å². The summed E-state index contributed by atoms with van der Waals surface area (Å²) in [6, 6.07) is 24.6. The molecule has 38 heavy (non-hydrogen) atoms. The quantitative estimate of drug-likeness (QED) is 0.139. The number of hydrogen-bond acceptors (Lipinski definition) is 6. The lowest BCUT2D eigenvalue weighted by Crippen LogP contribution is -2.27. The van der Waals surface area contributed by atoms with E-state index in [2.05, 4.69) is 33.1 Å². The second-order valence-corrected chi connectivity index (χ2v) is 8.71. The molecule has 8 nitrogen and oxygen atoms in total. The summed E-state index contributed by atoms with van der Waals surface area (Å²) < 4.78 is 5.13. The van der Waals surface area contributed by atoms with Crippen LogP contribution in [0.5, 0.6) is 5.75 Å². The number of hydrogen-bond donors (Lipinski definition) is 4. The molecule has 1 aromatic heterocycles. The summed E-state index contributed by atoms with van der Waals surface area (Å²) in [6.07, 6.45) is 3.14. The maximum absolute atomic E-state index is 12.7. The fourth-order valence-corrected chi connectivity index (χ4v) is 4.37. The Labute approximate surface area is 220 Å². The van der Waals surface area contributed by atoms with Crippen molar-refractivity contribution in [3.63, 3.8) is 0 Å². The highest BCUT2D eigenvalue weighted by Crippen LogP contribution is 2.43. The van der Waals surface area contributed by atoms with Gasteiger partial charge < -0.3 is 26.4 Å². The molecule has 8 heteroatoms. The Hall–Kier alpha value is -5.11. The summed E-state index contributed by atoms with van der Waals surface area (Å²) in [4.78, 5) is 29.5. The third-order valence-corrected chi connectivity index (χ3v) is 6.26. The van der Waals surface area contributed by atoms with E-state index in [1.807, 2.05) is 36.4 Å². The smallest absolute Gasteiger partial charge is 0.257 e. The Bertz CT molecular complexity index is 1480. The topological polar surface area (TPSA) is 118 Å². The second-order valence-electron chi connectivity index (χ2n) is 8.71. The number of amides is 2. The zero-order valence-electron chi connectivity index (χ0n) is 20.8. The average Bonchev–Trinajstić information content (AvgIpc) is 3.26. The first-order chi connectivity index (χ1) is 18.5. The van der Waals surface area contributed by atoms with Gasteiger partial charge in [-0.25, -0.2) is 4.98 Å². The molecule has 5 rings (SSSR count). The number of methoxy groups -OCH3 is 1. The van der Waals surface area contributed by atoms with E-state index in [9.17, 15) is 9.59 Å². The first-order valence-corrected chi connectivity index (χ1v) is 12.2. The molecule has 3 aromatic carbocycles. The second kappa shape index (κ2) is 10.9. The molecule has 1 heterocycles. The molecule has 0 aliphatic heterocycles. The number of benzene rings is 3. The van der Waals surface area contributed by atoms with Gasteiger partial charge in [0.1, 0.15) is 11.6 Å². The standard InChI is InChI=1S/C30H27N5O3/c1-38-20-11-12-27(26(31)16-20)35-30(37)19-10-13-28(34-18-19)32-14-15-33-29(36)17-25-23-8-4-2-6-21(23)22-7-3-5-9-24(22)25/h2-13,16-18H,14-15,31H2,1H3,(H,32,34)(H,33,36)(H,35,37). The van der Waals surface area contributed by atoms with Crippen molar-refractivity contribution in [2.45, 2.75) is 0 Å². The number of carbonyl (C=O) groups excluding carboxylic acids is 2. The molecule has 0 fully saturated rings. The van der Waals surface area contributed by atoms with E-state index in [1.165, 1.54) is 6.20 Å². The summed E-state index contributed by atoms with van der Waals surface area (Å²) in [5, 5.41) is 8.84. The molecule has 0 saturated heterocycles. The Morgan fingerprint density at radius 1 is 0.895 bits per heavy atom. The van der Waals surface area contributed by atoms with Crippen LogP contribution in [0.4, 0.5) is 17.2 Å². The number of carbonyl (C=O) groups is 2. The summed E-state index contributed by atoms with van der Waals surface area (Å²) in [5.41, 5.74) is 12.6. The average molecular weight is 506 g/mol. The monoisotopic (exact) mass is 505 g/mol. The zero-order chi connectivity index (χ0) is 26.5. The molecule has 0 spiro atoms. The number of pyridine rings is 1. The van der Waals surface area contributed by atoms with Crippen molar-refractivity contribution >= 4 is 34.6 Å². The molecule has 2 amide bonds. The number of ether oxygens (including phenoxy) is 1. The normalized spacial score (nSPS) is 11.2. The molecule has 4 aromatic rings. The highest BCUT2D eigenvalue weighted by Gasteiger charge is 2.23. The lowest BCUT2D eigenvalue weighted by molar-refractivity contribution is -0.116. The van der Waals surface area contributed by atoms with Gasteiger partial charge in [0.2, 0.25) is 5.91 Å². The summed E-state index contributed by atoms with van der Waals surface area (Å²) in [5.74, 6) is 0.721. The number of nitrogens with zero attached hydrogens (tertiary/aromatic N) is 1. The van der Waals surface area contributed by atoms with Gasteiger partial charge in [-0.15, -0.1) is 0 Å². The van der Waals surface area contributed by atoms with Gasteiger partial charge in [0.25, 0.3) is 5.91 Å². The fraction of sp³-hybridized carbons (Fsp3) is 0.100. The van der Waals surface area contributed by atoms with Gasteiger partial charge in [0, 0.05) is 31.4 Å². The predicted molar refractivity (Wildman–Crippen MR) is 150 cm³/mol. The summed E-state index contributed by atoms with van der Waals surface area (Å²) in [6.45, 7) is 0.885. The van der Waals surface area contributed by atoms with E-state index in [1.54, 1.807) is 43.5 Å². The lowest BCUT2D eigenvalue weighted by atomic mass is 10.0. The van der Waals surface area contributed by atoms with Gasteiger partial charge in [-0.2, -0.15) is 0 Å². The van der Waals surface area contributed by atoms with Gasteiger partial charge in [-0.3, -0.25) is 9.59 Å². The zero-order valence-corrected chi connectivity index (χ0v) is 20.8. The molecule has 190 valence electrons. The number of anilines is 3. The molecule has 0 radical (unpaired) electrons. The van der Waals surface area contributed by atoms with E-state index in [-0.39, 0.29) is 11.8 Å². The maximum atomic E-state index is 12.7. The van der Waals surface area contributed by atoms with E-state index in [4.69, 9.17) is 10.5 Å². The van der Waals surface area contributed by atoms with Crippen LogP contribution in [0.3, 0.4) is 0 Å². The number of rotatable bonds is 8. The lowest BCUT2D eigenvalue weighted by Gasteiger charge is -2.10. The SMILES string of the molecule is COc1ccc(NC(=O)c2ccc(NCCNC(=O)C=C3c4ccccc4-c4ccccc43)nc2)c(N)c1. The minimum absolute atomic E-state index is 0.161. The Balaban J connectivity index is 1.13. The molecule has 1 aliphatic carbocycles. The van der Waals surface area contributed by atoms with Crippen LogP contribution < -0.4 is 26.4 Å². The van der Waals surface area contributed by atoms with Crippen molar-refractivity contribution in [2.24, 2.45) is 0 Å². The van der Waals surface area contributed by atoms with Crippen LogP contribution in [0.2, 0.25) is 0 Å². The van der Waals surface area contributed by atoms with Crippen molar-refractivity contribution < 1.29 is 14.3 Å². The van der Waals surface area contributed by atoms with Crippen molar-refractivity contribution in [3.8, 4) is 16.9 Å². The van der Waals surface area contributed by atoms with Gasteiger partial charge >= 0.3 is 0 Å². The molecule has 0 bridgehead atoms. The van der Waals surface area contributed by atoms with Crippen LogP contribution in [0.25, 0.3) is 16.7 Å². The van der Waals surface area contributed by atoms with Crippen LogP contribution >= 0.6 is 0 Å². The van der Waals surface area contributed by atoms with Crippen molar-refractivity contribution in [2.75, 3.05) is 36.6 Å².